The molecule has 12 heteroatoms. The molecule has 6 aromatic heterocycles. The molecule has 3 aromatic carbocycles. The summed E-state index contributed by atoms with van der Waals surface area (Å²) in [5.74, 6) is 3.41. The number of hydrogen-bond donors (Lipinski definition) is 0. The maximum atomic E-state index is 15.4. The molecule has 0 N–H and O–H groups in total. The Balaban J connectivity index is 0.955. The lowest BCUT2D eigenvalue weighted by atomic mass is 9.88. The number of benzene rings is 3. The van der Waals surface area contributed by atoms with Crippen LogP contribution in [0, 0.1) is 11.8 Å². The Kier molecular flexibility index (Phi) is 9.58. The largest absolute Gasteiger partial charge is 0.371 e. The number of pyridine rings is 2. The van der Waals surface area contributed by atoms with Gasteiger partial charge in [0, 0.05) is 103 Å². The van der Waals surface area contributed by atoms with Crippen LogP contribution in [0.5, 0.6) is 0 Å². The average molecular weight is 857 g/mol. The summed E-state index contributed by atoms with van der Waals surface area (Å²) in [5, 5.41) is 3.95. The van der Waals surface area contributed by atoms with Crippen molar-refractivity contribution in [1.29, 1.82) is 0 Å². The van der Waals surface area contributed by atoms with Crippen LogP contribution < -0.4 is 9.80 Å². The highest BCUT2D eigenvalue weighted by Gasteiger charge is 2.29. The van der Waals surface area contributed by atoms with Gasteiger partial charge < -0.3 is 14.4 Å². The standard InChI is InChI=1S/C52H54F2N10/c1-32-12-23-61(24-13-32)37-6-8-39-45(29-37)64(51(53)54)43-11-20-56-49(48(39)43)47-36(5-9-41-50(47)63-27-18-46(58-52(63)57-41)62-25-14-33(2)15-26-62)31-60-21-16-34(17-22-60)35-4-7-38-40-30-55-19-10-42(40)59(3)44(38)28-35/h4-11,18-20,27-30,32-34,51H,12-17,21-26,31H2,1-3H3. The molecule has 12 rings (SSSR count). The fourth-order valence-electron chi connectivity index (χ4n) is 11.4. The predicted molar refractivity (Wildman–Crippen MR) is 255 cm³/mol. The first-order valence-electron chi connectivity index (χ1n) is 23.3. The van der Waals surface area contributed by atoms with Crippen LogP contribution in [0.1, 0.15) is 76.0 Å². The second-order valence-corrected chi connectivity index (χ2v) is 19.1. The lowest BCUT2D eigenvalue weighted by molar-refractivity contribution is 0.0796. The fraction of sp³-hybridized carbons (Fsp3) is 0.385. The van der Waals surface area contributed by atoms with E-state index in [4.69, 9.17) is 15.0 Å². The summed E-state index contributed by atoms with van der Waals surface area (Å²) >= 11 is 0. The number of alkyl halides is 2. The summed E-state index contributed by atoms with van der Waals surface area (Å²) in [5.41, 5.74) is 10.3. The zero-order valence-electron chi connectivity index (χ0n) is 36.9. The number of nitrogens with zero attached hydrogens (tertiary/aromatic N) is 10. The first-order chi connectivity index (χ1) is 31.3. The Bertz CT molecular complexity index is 3230. The highest BCUT2D eigenvalue weighted by molar-refractivity contribution is 6.17. The maximum absolute atomic E-state index is 15.4. The third-order valence-corrected chi connectivity index (χ3v) is 15.2. The van der Waals surface area contributed by atoms with E-state index < -0.39 is 6.55 Å². The van der Waals surface area contributed by atoms with Gasteiger partial charge in [-0.2, -0.15) is 13.8 Å². The lowest BCUT2D eigenvalue weighted by Gasteiger charge is -2.33. The quantitative estimate of drug-likeness (QED) is 0.158. The van der Waals surface area contributed by atoms with Crippen LogP contribution in [0.15, 0.2) is 91.5 Å². The van der Waals surface area contributed by atoms with E-state index in [-0.39, 0.29) is 0 Å². The molecule has 326 valence electrons. The van der Waals surface area contributed by atoms with Crippen molar-refractivity contribution in [2.45, 2.75) is 71.4 Å². The molecule has 3 saturated heterocycles. The summed E-state index contributed by atoms with van der Waals surface area (Å²) < 4.78 is 36.4. The number of fused-ring (bicyclic) bond motifs is 9. The van der Waals surface area contributed by atoms with Crippen molar-refractivity contribution in [2.24, 2.45) is 18.9 Å². The van der Waals surface area contributed by atoms with Crippen molar-refractivity contribution >= 4 is 71.9 Å². The molecule has 0 spiro atoms. The van der Waals surface area contributed by atoms with E-state index >= 15 is 8.78 Å². The highest BCUT2D eigenvalue weighted by atomic mass is 19.3. The van der Waals surface area contributed by atoms with Gasteiger partial charge in [-0.25, -0.2) is 4.98 Å². The summed E-state index contributed by atoms with van der Waals surface area (Å²) in [7, 11) is 2.15. The number of piperidine rings is 3. The number of imidazole rings is 1. The number of anilines is 2. The number of hydrogen-bond acceptors (Lipinski definition) is 7. The minimum atomic E-state index is -2.72. The molecule has 0 amide bonds. The van der Waals surface area contributed by atoms with E-state index in [1.807, 2.05) is 24.5 Å². The molecule has 0 unspecified atom stereocenters. The van der Waals surface area contributed by atoms with E-state index in [2.05, 4.69) is 104 Å². The molecule has 3 fully saturated rings. The molecular formula is C52H54F2N10. The van der Waals surface area contributed by atoms with Gasteiger partial charge in [0.15, 0.2) is 0 Å². The molecule has 0 radical (unpaired) electrons. The van der Waals surface area contributed by atoms with Crippen molar-refractivity contribution in [2.75, 3.05) is 49.1 Å². The van der Waals surface area contributed by atoms with Gasteiger partial charge in [0.25, 0.3) is 0 Å². The Labute approximate surface area is 371 Å². The van der Waals surface area contributed by atoms with Crippen molar-refractivity contribution < 1.29 is 8.78 Å². The van der Waals surface area contributed by atoms with Gasteiger partial charge in [0.2, 0.25) is 5.78 Å². The average Bonchev–Trinajstić information content (AvgIpc) is 3.96. The van der Waals surface area contributed by atoms with Gasteiger partial charge >= 0.3 is 6.55 Å². The smallest absolute Gasteiger partial charge is 0.319 e. The monoisotopic (exact) mass is 856 g/mol. The van der Waals surface area contributed by atoms with Crippen molar-refractivity contribution in [3.8, 4) is 11.3 Å². The first kappa shape index (κ1) is 39.5. The number of halogens is 2. The SMILES string of the molecule is CC1CCN(c2ccc3c4c(-c5c(CN6CCC(c7ccc8c9cnccc9n(C)c8c7)CC6)ccc6nc7nc(N8CCC(C)CC8)ccn7c56)nccc4n(C(F)F)c3c2)CC1. The first-order valence-corrected chi connectivity index (χ1v) is 23.3. The van der Waals surface area contributed by atoms with Crippen LogP contribution in [0.25, 0.3) is 71.7 Å². The third-order valence-electron chi connectivity index (χ3n) is 15.2. The van der Waals surface area contributed by atoms with E-state index in [1.54, 1.807) is 12.3 Å². The molecule has 10 nitrogen and oxygen atoms in total. The van der Waals surface area contributed by atoms with Gasteiger partial charge in [0.1, 0.15) is 5.82 Å². The van der Waals surface area contributed by atoms with Crippen LogP contribution in [0.3, 0.4) is 0 Å². The number of rotatable bonds is 7. The second-order valence-electron chi connectivity index (χ2n) is 19.1. The zero-order chi connectivity index (χ0) is 43.2. The minimum Gasteiger partial charge on any atom is -0.371 e. The number of aromatic nitrogens is 7. The predicted octanol–water partition coefficient (Wildman–Crippen LogP) is 11.3. The van der Waals surface area contributed by atoms with Crippen LogP contribution in [-0.4, -0.2) is 77.6 Å². The van der Waals surface area contributed by atoms with E-state index in [9.17, 15) is 0 Å². The molecule has 0 aliphatic carbocycles. The molecule has 64 heavy (non-hydrogen) atoms. The Hall–Kier alpha value is -6.14. The van der Waals surface area contributed by atoms with Crippen molar-refractivity contribution in [3.05, 3.63) is 103 Å². The highest BCUT2D eigenvalue weighted by Crippen LogP contribution is 2.44. The molecule has 9 aromatic rings. The van der Waals surface area contributed by atoms with E-state index in [0.29, 0.717) is 46.8 Å². The van der Waals surface area contributed by atoms with Crippen LogP contribution >= 0.6 is 0 Å². The molecule has 9 heterocycles. The maximum Gasteiger partial charge on any atom is 0.319 e. The molecule has 3 aliphatic rings. The summed E-state index contributed by atoms with van der Waals surface area (Å²) in [4.78, 5) is 27.1. The van der Waals surface area contributed by atoms with Gasteiger partial charge in [-0.15, -0.1) is 0 Å². The van der Waals surface area contributed by atoms with Crippen molar-refractivity contribution in [1.82, 2.24) is 38.4 Å². The lowest BCUT2D eigenvalue weighted by Crippen LogP contribution is -2.33. The van der Waals surface area contributed by atoms with Gasteiger partial charge in [-0.05, 0) is 123 Å². The topological polar surface area (TPSA) is 75.6 Å². The Morgan fingerprint density at radius 1 is 0.688 bits per heavy atom. The summed E-state index contributed by atoms with van der Waals surface area (Å²) in [6.45, 7) is 8.26. The van der Waals surface area contributed by atoms with Crippen molar-refractivity contribution in [3.63, 3.8) is 0 Å². The van der Waals surface area contributed by atoms with Gasteiger partial charge in [-0.1, -0.05) is 38.1 Å². The summed E-state index contributed by atoms with van der Waals surface area (Å²) in [6, 6.07) is 23.4. The normalized spacial score (nSPS) is 17.8. The van der Waals surface area contributed by atoms with E-state index in [1.165, 1.54) is 31.9 Å². The third kappa shape index (κ3) is 6.50. The van der Waals surface area contributed by atoms with Crippen LogP contribution in [0.2, 0.25) is 0 Å². The molecule has 0 atom stereocenters. The molecule has 0 bridgehead atoms. The van der Waals surface area contributed by atoms with Gasteiger partial charge in [0.05, 0.1) is 33.3 Å². The number of aryl methyl sites for hydroxylation is 1. The van der Waals surface area contributed by atoms with E-state index in [0.717, 1.165) is 122 Å². The Morgan fingerprint density at radius 3 is 2.22 bits per heavy atom. The Morgan fingerprint density at radius 2 is 1.44 bits per heavy atom. The molecule has 3 aliphatic heterocycles. The van der Waals surface area contributed by atoms with Crippen LogP contribution in [0.4, 0.5) is 20.3 Å². The van der Waals surface area contributed by atoms with Crippen LogP contribution in [-0.2, 0) is 13.6 Å². The van der Waals surface area contributed by atoms with Gasteiger partial charge in [-0.3, -0.25) is 23.8 Å². The number of likely N-dealkylation sites (tertiary alicyclic amines) is 1. The summed E-state index contributed by atoms with van der Waals surface area (Å²) in [6.07, 6.45) is 14.2. The zero-order valence-corrected chi connectivity index (χ0v) is 36.9. The second kappa shape index (κ2) is 15.5. The fourth-order valence-corrected chi connectivity index (χ4v) is 11.4. The molecule has 0 saturated carbocycles. The molecular weight excluding hydrogens is 803 g/mol. The minimum absolute atomic E-state index is 0.454.